The number of hydrogen-bond donors (Lipinski definition) is 0. The zero-order valence-electron chi connectivity index (χ0n) is 25.0. The molecule has 0 saturated heterocycles. The number of rotatable bonds is 14. The normalized spacial score (nSPS) is 12.8. The highest BCUT2D eigenvalue weighted by Crippen LogP contribution is 2.32. The molecule has 1 heterocycles. The van der Waals surface area contributed by atoms with Crippen LogP contribution in [-0.4, -0.2) is 82.5 Å². The monoisotopic (exact) mass is 622 g/mol. The van der Waals surface area contributed by atoms with Crippen LogP contribution in [0.3, 0.4) is 0 Å². The van der Waals surface area contributed by atoms with Crippen molar-refractivity contribution in [2.75, 3.05) is 50.4 Å². The number of anilines is 1. The van der Waals surface area contributed by atoms with E-state index >= 15 is 0 Å². The maximum atomic E-state index is 13.8. The molecule has 0 atom stereocenters. The SMILES string of the molecule is CCN(CC)CCN(C(=O)c1ccc(S(=O)(=O)N(CC(C)C)CC(C)C)cc1)c1nc2ccc(S(C)(=O)=O)cc2s1. The number of fused-ring (bicyclic) bond motifs is 1. The third-order valence-electron chi connectivity index (χ3n) is 6.66. The second-order valence-corrected chi connectivity index (χ2v) is 16.0. The number of amides is 1. The molecule has 12 heteroatoms. The van der Waals surface area contributed by atoms with E-state index in [0.717, 1.165) is 19.3 Å². The number of carbonyl (C=O) groups excluding carboxylic acids is 1. The van der Waals surface area contributed by atoms with Gasteiger partial charge in [0.05, 0.1) is 20.0 Å². The van der Waals surface area contributed by atoms with Crippen LogP contribution in [0.25, 0.3) is 10.2 Å². The fourth-order valence-corrected chi connectivity index (χ4v) is 7.98. The van der Waals surface area contributed by atoms with Gasteiger partial charge in [-0.2, -0.15) is 4.31 Å². The highest BCUT2D eigenvalue weighted by atomic mass is 32.2. The topological polar surface area (TPSA) is 108 Å². The Kier molecular flexibility index (Phi) is 11.1. The van der Waals surface area contributed by atoms with Gasteiger partial charge in [0.15, 0.2) is 15.0 Å². The minimum atomic E-state index is -3.73. The number of benzene rings is 2. The van der Waals surface area contributed by atoms with Crippen molar-refractivity contribution >= 4 is 52.5 Å². The van der Waals surface area contributed by atoms with Crippen molar-refractivity contribution in [2.24, 2.45) is 11.8 Å². The van der Waals surface area contributed by atoms with E-state index in [1.807, 2.05) is 27.7 Å². The second-order valence-electron chi connectivity index (χ2n) is 11.0. The fourth-order valence-electron chi connectivity index (χ4n) is 4.46. The van der Waals surface area contributed by atoms with Gasteiger partial charge in [-0.15, -0.1) is 0 Å². The van der Waals surface area contributed by atoms with Gasteiger partial charge in [0.25, 0.3) is 5.91 Å². The Bertz CT molecular complexity index is 1530. The summed E-state index contributed by atoms with van der Waals surface area (Å²) in [4.78, 5) is 22.6. The highest BCUT2D eigenvalue weighted by Gasteiger charge is 2.27. The van der Waals surface area contributed by atoms with Crippen molar-refractivity contribution < 1.29 is 21.6 Å². The Morgan fingerprint density at radius 2 is 1.41 bits per heavy atom. The van der Waals surface area contributed by atoms with Crippen LogP contribution in [0.15, 0.2) is 52.3 Å². The average Bonchev–Trinajstić information content (AvgIpc) is 3.32. The number of likely N-dealkylation sites (N-methyl/N-ethyl adjacent to an activating group) is 1. The van der Waals surface area contributed by atoms with E-state index in [1.165, 1.54) is 33.8 Å². The summed E-state index contributed by atoms with van der Waals surface area (Å²) in [5.41, 5.74) is 0.953. The van der Waals surface area contributed by atoms with E-state index in [-0.39, 0.29) is 27.5 Å². The molecule has 1 aromatic heterocycles. The molecule has 2 aromatic carbocycles. The molecule has 41 heavy (non-hydrogen) atoms. The molecule has 226 valence electrons. The van der Waals surface area contributed by atoms with E-state index in [2.05, 4.69) is 23.7 Å². The molecule has 0 aliphatic heterocycles. The fraction of sp³-hybridized carbons (Fsp3) is 0.517. The van der Waals surface area contributed by atoms with Crippen LogP contribution in [-0.2, 0) is 19.9 Å². The quantitative estimate of drug-likeness (QED) is 0.249. The van der Waals surface area contributed by atoms with Crippen molar-refractivity contribution in [3.8, 4) is 0 Å². The summed E-state index contributed by atoms with van der Waals surface area (Å²) < 4.78 is 53.2. The summed E-state index contributed by atoms with van der Waals surface area (Å²) in [6.45, 7) is 15.5. The number of sulfone groups is 1. The number of hydrogen-bond acceptors (Lipinski definition) is 8. The van der Waals surface area contributed by atoms with E-state index < -0.39 is 19.9 Å². The zero-order chi connectivity index (χ0) is 30.5. The molecule has 0 saturated carbocycles. The average molecular weight is 623 g/mol. The first-order valence-corrected chi connectivity index (χ1v) is 18.1. The molecule has 0 aliphatic carbocycles. The summed E-state index contributed by atoms with van der Waals surface area (Å²) in [6.07, 6.45) is 1.16. The predicted molar refractivity (Wildman–Crippen MR) is 167 cm³/mol. The Balaban J connectivity index is 1.97. The maximum Gasteiger partial charge on any atom is 0.260 e. The predicted octanol–water partition coefficient (Wildman–Crippen LogP) is 4.99. The molecule has 0 N–H and O–H groups in total. The Morgan fingerprint density at radius 1 is 0.854 bits per heavy atom. The van der Waals surface area contributed by atoms with Crippen LogP contribution in [0.5, 0.6) is 0 Å². The number of nitrogens with zero attached hydrogens (tertiary/aromatic N) is 4. The minimum absolute atomic E-state index is 0.151. The number of aromatic nitrogens is 1. The lowest BCUT2D eigenvalue weighted by Gasteiger charge is -2.26. The number of sulfonamides is 1. The standard InChI is InChI=1S/C29H42N4O5S3/c1-8-31(9-2)16-17-33(29-30-26-15-14-25(40(7,35)36)18-27(26)39-29)28(34)23-10-12-24(13-11-23)41(37,38)32(19-21(3)4)20-22(5)6/h10-15,18,21-22H,8-9,16-17,19-20H2,1-7H3. The van der Waals surface area contributed by atoms with Gasteiger partial charge in [0.1, 0.15) is 0 Å². The molecule has 0 bridgehead atoms. The number of thiazole rings is 1. The van der Waals surface area contributed by atoms with Crippen LogP contribution in [0, 0.1) is 11.8 Å². The van der Waals surface area contributed by atoms with Crippen molar-refractivity contribution in [1.29, 1.82) is 0 Å². The van der Waals surface area contributed by atoms with Gasteiger partial charge in [-0.1, -0.05) is 52.9 Å². The molecule has 0 unspecified atom stereocenters. The summed E-state index contributed by atoms with van der Waals surface area (Å²) in [5.74, 6) is 0.0434. The molecule has 0 aliphatic rings. The summed E-state index contributed by atoms with van der Waals surface area (Å²) in [5, 5.41) is 0.458. The van der Waals surface area contributed by atoms with Crippen LogP contribution in [0.4, 0.5) is 5.13 Å². The van der Waals surface area contributed by atoms with E-state index in [9.17, 15) is 21.6 Å². The molecule has 9 nitrogen and oxygen atoms in total. The van der Waals surface area contributed by atoms with Crippen molar-refractivity contribution in [3.05, 3.63) is 48.0 Å². The van der Waals surface area contributed by atoms with Gasteiger partial charge in [-0.05, 0) is 67.4 Å². The van der Waals surface area contributed by atoms with Gasteiger partial charge in [0, 0.05) is 38.0 Å². The largest absolute Gasteiger partial charge is 0.302 e. The van der Waals surface area contributed by atoms with Gasteiger partial charge in [0.2, 0.25) is 10.0 Å². The van der Waals surface area contributed by atoms with Gasteiger partial charge in [-0.3, -0.25) is 9.69 Å². The summed E-state index contributed by atoms with van der Waals surface area (Å²) in [6, 6.07) is 10.8. The van der Waals surface area contributed by atoms with Crippen LogP contribution in [0.1, 0.15) is 51.9 Å². The molecule has 3 rings (SSSR count). The third kappa shape index (κ3) is 8.35. The molecular weight excluding hydrogens is 581 g/mol. The van der Waals surface area contributed by atoms with E-state index in [4.69, 9.17) is 0 Å². The summed E-state index contributed by atoms with van der Waals surface area (Å²) >= 11 is 1.26. The number of carbonyl (C=O) groups is 1. The van der Waals surface area contributed by atoms with Gasteiger partial charge >= 0.3 is 0 Å². The van der Waals surface area contributed by atoms with Gasteiger partial charge < -0.3 is 4.90 Å². The minimum Gasteiger partial charge on any atom is -0.302 e. The first kappa shape index (κ1) is 33.1. The highest BCUT2D eigenvalue weighted by molar-refractivity contribution is 7.90. The lowest BCUT2D eigenvalue weighted by molar-refractivity contribution is 0.0983. The van der Waals surface area contributed by atoms with Crippen LogP contribution < -0.4 is 4.90 Å². The lowest BCUT2D eigenvalue weighted by Crippen LogP contribution is -2.39. The molecular formula is C29H42N4O5S3. The molecule has 1 amide bonds. The van der Waals surface area contributed by atoms with E-state index in [1.54, 1.807) is 29.2 Å². The van der Waals surface area contributed by atoms with Crippen molar-refractivity contribution in [1.82, 2.24) is 14.2 Å². The van der Waals surface area contributed by atoms with Crippen molar-refractivity contribution in [3.63, 3.8) is 0 Å². The molecule has 0 spiro atoms. The first-order valence-electron chi connectivity index (χ1n) is 13.9. The zero-order valence-corrected chi connectivity index (χ0v) is 27.4. The smallest absolute Gasteiger partial charge is 0.260 e. The van der Waals surface area contributed by atoms with Gasteiger partial charge in [-0.25, -0.2) is 21.8 Å². The molecule has 3 aromatic rings. The van der Waals surface area contributed by atoms with Crippen LogP contribution in [0.2, 0.25) is 0 Å². The molecule has 0 radical (unpaired) electrons. The Hall–Kier alpha value is -2.38. The third-order valence-corrected chi connectivity index (χ3v) is 10.7. The Morgan fingerprint density at radius 3 is 1.93 bits per heavy atom. The summed E-state index contributed by atoms with van der Waals surface area (Å²) in [7, 11) is -7.12. The van der Waals surface area contributed by atoms with Crippen molar-refractivity contribution in [2.45, 2.75) is 51.3 Å². The van der Waals surface area contributed by atoms with Crippen LogP contribution >= 0.6 is 11.3 Å². The van der Waals surface area contributed by atoms with E-state index in [0.29, 0.717) is 47.1 Å². The Labute approximate surface area is 249 Å². The first-order chi connectivity index (χ1) is 19.2. The second kappa shape index (κ2) is 13.7. The molecule has 0 fully saturated rings. The maximum absolute atomic E-state index is 13.8. The lowest BCUT2D eigenvalue weighted by atomic mass is 10.2.